The Labute approximate surface area is 147 Å². The summed E-state index contributed by atoms with van der Waals surface area (Å²) in [4.78, 5) is 23.7. The van der Waals surface area contributed by atoms with E-state index in [4.69, 9.17) is 0 Å². The SMILES string of the molecule is CCCCCc1ccc(NC(=O)CCNC(=O)c2ccsc2)cc1. The molecular weight excluding hydrogens is 320 g/mol. The van der Waals surface area contributed by atoms with Gasteiger partial charge in [-0.1, -0.05) is 31.9 Å². The quantitative estimate of drug-likeness (QED) is 0.669. The molecule has 0 spiro atoms. The molecule has 1 aromatic heterocycles. The highest BCUT2D eigenvalue weighted by atomic mass is 32.1. The van der Waals surface area contributed by atoms with E-state index in [2.05, 4.69) is 29.7 Å². The Balaban J connectivity index is 1.69. The topological polar surface area (TPSA) is 58.2 Å². The van der Waals surface area contributed by atoms with Crippen molar-refractivity contribution in [2.75, 3.05) is 11.9 Å². The zero-order valence-corrected chi connectivity index (χ0v) is 14.8. The van der Waals surface area contributed by atoms with Crippen LogP contribution in [0.4, 0.5) is 5.69 Å². The number of amides is 2. The first-order chi connectivity index (χ1) is 11.7. The predicted octanol–water partition coefficient (Wildman–Crippen LogP) is 4.24. The Kier molecular flexibility index (Phi) is 7.49. The lowest BCUT2D eigenvalue weighted by atomic mass is 10.1. The van der Waals surface area contributed by atoms with Gasteiger partial charge < -0.3 is 10.6 Å². The molecule has 0 saturated heterocycles. The maximum Gasteiger partial charge on any atom is 0.252 e. The molecule has 4 nitrogen and oxygen atoms in total. The van der Waals surface area contributed by atoms with Crippen molar-refractivity contribution in [3.05, 3.63) is 52.2 Å². The largest absolute Gasteiger partial charge is 0.351 e. The molecule has 0 saturated carbocycles. The van der Waals surface area contributed by atoms with Crippen molar-refractivity contribution >= 4 is 28.8 Å². The Bertz CT molecular complexity index is 636. The van der Waals surface area contributed by atoms with Crippen LogP contribution >= 0.6 is 11.3 Å². The van der Waals surface area contributed by atoms with Crippen molar-refractivity contribution in [2.24, 2.45) is 0 Å². The minimum absolute atomic E-state index is 0.0978. The second-order valence-corrected chi connectivity index (χ2v) is 6.50. The molecule has 0 atom stereocenters. The molecule has 2 N–H and O–H groups in total. The summed E-state index contributed by atoms with van der Waals surface area (Å²) < 4.78 is 0. The summed E-state index contributed by atoms with van der Waals surface area (Å²) in [5, 5.41) is 9.25. The Morgan fingerprint density at radius 3 is 2.54 bits per heavy atom. The van der Waals surface area contributed by atoms with Gasteiger partial charge in [-0.2, -0.15) is 11.3 Å². The lowest BCUT2D eigenvalue weighted by Crippen LogP contribution is -2.27. The molecule has 0 bridgehead atoms. The number of anilines is 1. The van der Waals surface area contributed by atoms with Crippen molar-refractivity contribution in [1.82, 2.24) is 5.32 Å². The lowest BCUT2D eigenvalue weighted by molar-refractivity contribution is -0.116. The summed E-state index contributed by atoms with van der Waals surface area (Å²) in [6.45, 7) is 2.52. The van der Waals surface area contributed by atoms with Crippen molar-refractivity contribution in [1.29, 1.82) is 0 Å². The molecule has 128 valence electrons. The molecule has 0 radical (unpaired) electrons. The van der Waals surface area contributed by atoms with Crippen LogP contribution in [0.25, 0.3) is 0 Å². The van der Waals surface area contributed by atoms with Crippen molar-refractivity contribution in [3.63, 3.8) is 0 Å². The molecule has 1 aromatic carbocycles. The van der Waals surface area contributed by atoms with Gasteiger partial charge in [0.1, 0.15) is 0 Å². The molecule has 0 aliphatic carbocycles. The van der Waals surface area contributed by atoms with Crippen LogP contribution in [0.15, 0.2) is 41.1 Å². The fourth-order valence-corrected chi connectivity index (χ4v) is 2.98. The van der Waals surface area contributed by atoms with Crippen LogP contribution in [-0.4, -0.2) is 18.4 Å². The predicted molar refractivity (Wildman–Crippen MR) is 99.6 cm³/mol. The van der Waals surface area contributed by atoms with Crippen LogP contribution in [0.1, 0.15) is 48.5 Å². The van der Waals surface area contributed by atoms with E-state index in [-0.39, 0.29) is 18.2 Å². The number of rotatable bonds is 9. The number of nitrogens with one attached hydrogen (secondary N) is 2. The van der Waals surface area contributed by atoms with Gasteiger partial charge in [0.15, 0.2) is 0 Å². The summed E-state index contributed by atoms with van der Waals surface area (Å²) >= 11 is 1.48. The molecule has 0 unspecified atom stereocenters. The second kappa shape index (κ2) is 9.88. The third kappa shape index (κ3) is 6.16. The Morgan fingerprint density at radius 1 is 1.08 bits per heavy atom. The second-order valence-electron chi connectivity index (χ2n) is 5.72. The number of hydrogen-bond acceptors (Lipinski definition) is 3. The van der Waals surface area contributed by atoms with Crippen molar-refractivity contribution in [3.8, 4) is 0 Å². The number of unbranched alkanes of at least 4 members (excludes halogenated alkanes) is 2. The number of carbonyl (C=O) groups is 2. The van der Waals surface area contributed by atoms with Crippen molar-refractivity contribution in [2.45, 2.75) is 39.0 Å². The highest BCUT2D eigenvalue weighted by molar-refractivity contribution is 7.08. The molecular formula is C19H24N2O2S. The van der Waals surface area contributed by atoms with Gasteiger partial charge in [0.2, 0.25) is 5.91 Å². The van der Waals surface area contributed by atoms with Gasteiger partial charge >= 0.3 is 0 Å². The van der Waals surface area contributed by atoms with Gasteiger partial charge in [-0.25, -0.2) is 0 Å². The van der Waals surface area contributed by atoms with E-state index in [9.17, 15) is 9.59 Å². The maximum atomic E-state index is 11.9. The molecule has 0 aliphatic heterocycles. The minimum Gasteiger partial charge on any atom is -0.351 e. The lowest BCUT2D eigenvalue weighted by Gasteiger charge is -2.07. The number of aryl methyl sites for hydroxylation is 1. The maximum absolute atomic E-state index is 11.9. The van der Waals surface area contributed by atoms with Crippen LogP contribution in [0.3, 0.4) is 0 Å². The summed E-state index contributed by atoms with van der Waals surface area (Å²) in [5.41, 5.74) is 2.73. The van der Waals surface area contributed by atoms with E-state index in [0.29, 0.717) is 12.1 Å². The molecule has 0 aliphatic rings. The third-order valence-corrected chi connectivity index (χ3v) is 4.41. The van der Waals surface area contributed by atoms with Gasteiger partial charge in [0.05, 0.1) is 0 Å². The molecule has 2 rings (SSSR count). The van der Waals surface area contributed by atoms with E-state index in [0.717, 1.165) is 12.1 Å². The summed E-state index contributed by atoms with van der Waals surface area (Å²) in [7, 11) is 0. The van der Waals surface area contributed by atoms with Crippen LogP contribution in [0.2, 0.25) is 0 Å². The molecule has 24 heavy (non-hydrogen) atoms. The summed E-state index contributed by atoms with van der Waals surface area (Å²) in [5.74, 6) is -0.236. The summed E-state index contributed by atoms with van der Waals surface area (Å²) in [6, 6.07) is 9.75. The zero-order valence-electron chi connectivity index (χ0n) is 14.0. The van der Waals surface area contributed by atoms with Crippen LogP contribution in [-0.2, 0) is 11.2 Å². The third-order valence-electron chi connectivity index (χ3n) is 3.73. The minimum atomic E-state index is -0.138. The van der Waals surface area contributed by atoms with E-state index in [1.165, 1.54) is 36.2 Å². The standard InChI is InChI=1S/C19H24N2O2S/c1-2-3-4-5-15-6-8-17(9-7-15)21-18(22)10-12-20-19(23)16-11-13-24-14-16/h6-9,11,13-14H,2-5,10,12H2,1H3,(H,20,23)(H,21,22). The average molecular weight is 344 g/mol. The van der Waals surface area contributed by atoms with E-state index >= 15 is 0 Å². The van der Waals surface area contributed by atoms with Crippen LogP contribution in [0, 0.1) is 0 Å². The van der Waals surface area contributed by atoms with Gasteiger partial charge in [0.25, 0.3) is 5.91 Å². The van der Waals surface area contributed by atoms with Crippen molar-refractivity contribution < 1.29 is 9.59 Å². The van der Waals surface area contributed by atoms with Gasteiger partial charge in [-0.15, -0.1) is 0 Å². The first-order valence-corrected chi connectivity index (χ1v) is 9.32. The van der Waals surface area contributed by atoms with E-state index < -0.39 is 0 Å². The highest BCUT2D eigenvalue weighted by Crippen LogP contribution is 2.12. The Morgan fingerprint density at radius 2 is 1.88 bits per heavy atom. The molecule has 1 heterocycles. The molecule has 0 fully saturated rings. The number of hydrogen-bond donors (Lipinski definition) is 2. The highest BCUT2D eigenvalue weighted by Gasteiger charge is 2.07. The van der Waals surface area contributed by atoms with Gasteiger partial charge in [-0.3, -0.25) is 9.59 Å². The fourth-order valence-electron chi connectivity index (χ4n) is 2.34. The average Bonchev–Trinajstić information content (AvgIpc) is 3.11. The molecule has 2 aromatic rings. The number of thiophene rings is 1. The first kappa shape index (κ1) is 18.2. The van der Waals surface area contributed by atoms with E-state index in [1.807, 2.05) is 17.5 Å². The monoisotopic (exact) mass is 344 g/mol. The Hall–Kier alpha value is -2.14. The number of benzene rings is 1. The normalized spacial score (nSPS) is 10.4. The molecule has 2 amide bonds. The number of carbonyl (C=O) groups excluding carboxylic acids is 2. The zero-order chi connectivity index (χ0) is 17.2. The summed E-state index contributed by atoms with van der Waals surface area (Å²) in [6.07, 6.45) is 5.00. The van der Waals surface area contributed by atoms with Gasteiger partial charge in [0, 0.05) is 29.6 Å². The fraction of sp³-hybridized carbons (Fsp3) is 0.368. The smallest absolute Gasteiger partial charge is 0.252 e. The molecule has 5 heteroatoms. The van der Waals surface area contributed by atoms with E-state index in [1.54, 1.807) is 11.4 Å². The first-order valence-electron chi connectivity index (χ1n) is 8.38. The van der Waals surface area contributed by atoms with Crippen LogP contribution < -0.4 is 10.6 Å². The van der Waals surface area contributed by atoms with Crippen LogP contribution in [0.5, 0.6) is 0 Å². The van der Waals surface area contributed by atoms with Gasteiger partial charge in [-0.05, 0) is 42.0 Å².